The molecular formula is C10H13N5O3. The zero-order chi connectivity index (χ0) is 12.7. The third kappa shape index (κ3) is 1.62. The van der Waals surface area contributed by atoms with Crippen molar-refractivity contribution in [2.75, 3.05) is 12.3 Å². The topological polar surface area (TPSA) is 119 Å². The molecule has 0 amide bonds. The van der Waals surface area contributed by atoms with Crippen molar-refractivity contribution in [3.63, 3.8) is 0 Å². The fourth-order valence-corrected chi connectivity index (χ4v) is 2.13. The molecule has 3 heterocycles. The van der Waals surface area contributed by atoms with Gasteiger partial charge in [0, 0.05) is 6.42 Å². The molecule has 1 fully saturated rings. The van der Waals surface area contributed by atoms with Gasteiger partial charge in [-0.05, 0) is 0 Å². The standard InChI is InChI=1S/C10H13N5O3/c11-9-8-10(13-3-12-9)15(4-14-8)7-1-5(17)6(2-16)18-7/h3-7,16-17H,1-2H2,(H2,11,12,13)/t5-,6+,7+/m0/s1/i15+1. The minimum Gasteiger partial charge on any atom is -0.394 e. The van der Waals surface area contributed by atoms with Crippen molar-refractivity contribution >= 4 is 17.0 Å². The summed E-state index contributed by atoms with van der Waals surface area (Å²) >= 11 is 0. The lowest BCUT2D eigenvalue weighted by Gasteiger charge is -2.13. The zero-order valence-electron chi connectivity index (χ0n) is 9.47. The van der Waals surface area contributed by atoms with E-state index in [2.05, 4.69) is 15.0 Å². The van der Waals surface area contributed by atoms with Gasteiger partial charge in [-0.2, -0.15) is 0 Å². The van der Waals surface area contributed by atoms with E-state index in [9.17, 15) is 5.11 Å². The van der Waals surface area contributed by atoms with Crippen LogP contribution in [0.3, 0.4) is 0 Å². The maximum atomic E-state index is 9.71. The molecule has 2 aromatic heterocycles. The summed E-state index contributed by atoms with van der Waals surface area (Å²) in [5.41, 5.74) is 6.75. The lowest BCUT2D eigenvalue weighted by Crippen LogP contribution is -2.24. The highest BCUT2D eigenvalue weighted by Gasteiger charge is 2.35. The molecule has 1 aliphatic heterocycles. The SMILES string of the molecule is Nc1ncnc2c1nc[15n]2[C@H]1C[C@H](O)[C@@H](CO)O1. The first-order valence-electron chi connectivity index (χ1n) is 5.58. The highest BCUT2D eigenvalue weighted by molar-refractivity contribution is 5.81. The molecule has 0 unspecified atom stereocenters. The molecule has 0 aromatic carbocycles. The molecule has 0 radical (unpaired) electrons. The normalized spacial score (nSPS) is 28.0. The average Bonchev–Trinajstić information content (AvgIpc) is 2.93. The molecule has 2 aromatic rings. The molecule has 1 saturated heterocycles. The Morgan fingerprint density at radius 2 is 2.28 bits per heavy atom. The summed E-state index contributed by atoms with van der Waals surface area (Å²) in [6.07, 6.45) is 1.60. The van der Waals surface area contributed by atoms with Crippen LogP contribution in [-0.2, 0) is 4.74 Å². The van der Waals surface area contributed by atoms with Gasteiger partial charge in [0.05, 0.1) is 19.0 Å². The fourth-order valence-electron chi connectivity index (χ4n) is 2.13. The van der Waals surface area contributed by atoms with Crippen LogP contribution in [0.1, 0.15) is 12.6 Å². The number of aliphatic hydroxyl groups is 2. The van der Waals surface area contributed by atoms with E-state index in [1.54, 1.807) is 10.9 Å². The molecule has 0 bridgehead atoms. The van der Waals surface area contributed by atoms with Crippen LogP contribution in [-0.4, -0.2) is 48.5 Å². The Hall–Kier alpha value is -1.77. The Balaban J connectivity index is 1.99. The number of aliphatic hydroxyl groups excluding tert-OH is 2. The van der Waals surface area contributed by atoms with Gasteiger partial charge in [0.15, 0.2) is 11.5 Å². The molecule has 3 rings (SSSR count). The number of hydrogen-bond donors (Lipinski definition) is 3. The van der Waals surface area contributed by atoms with E-state index >= 15 is 0 Å². The summed E-state index contributed by atoms with van der Waals surface area (Å²) in [5.74, 6) is 0.302. The monoisotopic (exact) mass is 252 g/mol. The number of hydrogen-bond acceptors (Lipinski definition) is 7. The van der Waals surface area contributed by atoms with Crippen LogP contribution in [0.2, 0.25) is 0 Å². The minimum absolute atomic E-state index is 0.221. The molecule has 4 N–H and O–H groups in total. The Kier molecular flexibility index (Phi) is 2.62. The summed E-state index contributed by atoms with van der Waals surface area (Å²) in [6, 6.07) is 0. The van der Waals surface area contributed by atoms with Crippen molar-refractivity contribution in [3.8, 4) is 0 Å². The Morgan fingerprint density at radius 3 is 3.00 bits per heavy atom. The summed E-state index contributed by atoms with van der Waals surface area (Å²) in [5, 5.41) is 18.8. The summed E-state index contributed by atoms with van der Waals surface area (Å²) in [4.78, 5) is 12.1. The van der Waals surface area contributed by atoms with Gasteiger partial charge in [0.1, 0.15) is 24.2 Å². The molecule has 8 nitrogen and oxygen atoms in total. The van der Waals surface area contributed by atoms with Crippen LogP contribution < -0.4 is 5.73 Å². The third-order valence-electron chi connectivity index (χ3n) is 3.08. The Morgan fingerprint density at radius 1 is 1.44 bits per heavy atom. The molecular weight excluding hydrogens is 239 g/mol. The summed E-state index contributed by atoms with van der Waals surface area (Å²) in [7, 11) is 0. The number of imidazole rings is 1. The lowest BCUT2D eigenvalue weighted by atomic mass is 10.2. The van der Waals surface area contributed by atoms with Crippen LogP contribution in [0.4, 0.5) is 5.82 Å². The molecule has 0 spiro atoms. The van der Waals surface area contributed by atoms with Gasteiger partial charge in [-0.1, -0.05) is 0 Å². The number of nitrogen functional groups attached to an aromatic ring is 1. The molecule has 18 heavy (non-hydrogen) atoms. The quantitative estimate of drug-likeness (QED) is 0.630. The molecule has 8 heteroatoms. The largest absolute Gasteiger partial charge is 0.394 e. The first-order valence-corrected chi connectivity index (χ1v) is 5.58. The van der Waals surface area contributed by atoms with Gasteiger partial charge >= 0.3 is 0 Å². The van der Waals surface area contributed by atoms with E-state index in [0.717, 1.165) is 0 Å². The van der Waals surface area contributed by atoms with E-state index in [-0.39, 0.29) is 6.61 Å². The highest BCUT2D eigenvalue weighted by Crippen LogP contribution is 2.30. The maximum absolute atomic E-state index is 9.71. The second-order valence-electron chi connectivity index (χ2n) is 4.20. The van der Waals surface area contributed by atoms with Crippen LogP contribution in [0.15, 0.2) is 12.7 Å². The highest BCUT2D eigenvalue weighted by atomic mass is 16.6. The smallest absolute Gasteiger partial charge is 0.167 e. The van der Waals surface area contributed by atoms with Crippen molar-refractivity contribution in [1.82, 2.24) is 19.5 Å². The van der Waals surface area contributed by atoms with Crippen molar-refractivity contribution in [3.05, 3.63) is 12.7 Å². The number of anilines is 1. The van der Waals surface area contributed by atoms with E-state index in [4.69, 9.17) is 15.6 Å². The van der Waals surface area contributed by atoms with Gasteiger partial charge in [-0.25, -0.2) is 15.0 Å². The van der Waals surface area contributed by atoms with Crippen molar-refractivity contribution in [1.29, 1.82) is 0 Å². The van der Waals surface area contributed by atoms with Gasteiger partial charge in [0.25, 0.3) is 0 Å². The summed E-state index contributed by atoms with van der Waals surface area (Å²) in [6.45, 7) is -0.221. The lowest BCUT2D eigenvalue weighted by molar-refractivity contribution is -0.0432. The minimum atomic E-state index is -0.698. The van der Waals surface area contributed by atoms with Gasteiger partial charge in [-0.3, -0.25) is 4.57 Å². The third-order valence-corrected chi connectivity index (χ3v) is 3.08. The average molecular weight is 252 g/mol. The number of rotatable bonds is 2. The van der Waals surface area contributed by atoms with E-state index < -0.39 is 18.4 Å². The van der Waals surface area contributed by atoms with Crippen LogP contribution >= 0.6 is 0 Å². The molecule has 0 aliphatic carbocycles. The van der Waals surface area contributed by atoms with Gasteiger partial charge in [-0.15, -0.1) is 0 Å². The summed E-state index contributed by atoms with van der Waals surface area (Å²) < 4.78 is 7.22. The number of ether oxygens (including phenoxy) is 1. The number of aromatic nitrogens is 4. The predicted molar refractivity (Wildman–Crippen MR) is 61.4 cm³/mol. The van der Waals surface area contributed by atoms with Crippen LogP contribution in [0.25, 0.3) is 11.2 Å². The molecule has 0 saturated carbocycles. The van der Waals surface area contributed by atoms with Gasteiger partial charge < -0.3 is 20.7 Å². The molecule has 1 aliphatic rings. The number of nitrogens with two attached hydrogens (primary N) is 1. The van der Waals surface area contributed by atoms with Crippen molar-refractivity contribution in [2.45, 2.75) is 24.9 Å². The molecule has 3 atom stereocenters. The Labute approximate surface area is 102 Å². The van der Waals surface area contributed by atoms with Crippen LogP contribution in [0.5, 0.6) is 0 Å². The predicted octanol–water partition coefficient (Wildman–Crippen LogP) is -0.951. The van der Waals surface area contributed by atoms with Crippen molar-refractivity contribution < 1.29 is 14.9 Å². The zero-order valence-corrected chi connectivity index (χ0v) is 9.47. The second-order valence-corrected chi connectivity index (χ2v) is 4.20. The maximum Gasteiger partial charge on any atom is 0.167 e. The van der Waals surface area contributed by atoms with Gasteiger partial charge in [0.2, 0.25) is 0 Å². The number of nitrogens with zero attached hydrogens (tertiary/aromatic N) is 4. The molecule has 96 valence electrons. The van der Waals surface area contributed by atoms with E-state index in [1.807, 2.05) is 0 Å². The first kappa shape index (κ1) is 11.3. The first-order chi connectivity index (χ1) is 8.70. The number of fused-ring (bicyclic) bond motifs is 1. The fraction of sp³-hybridized carbons (Fsp3) is 0.500. The van der Waals surface area contributed by atoms with Crippen molar-refractivity contribution in [2.24, 2.45) is 0 Å². The Bertz CT molecular complexity index is 572. The van der Waals surface area contributed by atoms with Crippen LogP contribution in [0, 0.1) is 0 Å². The van der Waals surface area contributed by atoms with E-state index in [1.165, 1.54) is 6.33 Å². The van der Waals surface area contributed by atoms with E-state index in [0.29, 0.717) is 23.4 Å². The second kappa shape index (κ2) is 4.16.